The highest BCUT2D eigenvalue weighted by Gasteiger charge is 2.21. The first-order valence-corrected chi connectivity index (χ1v) is 6.51. The van der Waals surface area contributed by atoms with Gasteiger partial charge in [-0.25, -0.2) is 0 Å². The summed E-state index contributed by atoms with van der Waals surface area (Å²) < 4.78 is 5.39. The van der Waals surface area contributed by atoms with Gasteiger partial charge in [0.25, 0.3) is 5.88 Å². The standard InChI is InChI=1S/C15H13N3O5/c1-2-8-23-11-5-3-4-10(9-11)6-7-12-16-14(19)13(18(21)22)15(20)17-12/h2-7,9H,1,8H2,(H2,16,17,19,20)/b7-6+. The van der Waals surface area contributed by atoms with Crippen LogP contribution in [0.5, 0.6) is 11.6 Å². The van der Waals surface area contributed by atoms with E-state index in [2.05, 4.69) is 16.5 Å². The van der Waals surface area contributed by atoms with E-state index in [4.69, 9.17) is 4.74 Å². The van der Waals surface area contributed by atoms with Gasteiger partial charge < -0.3 is 14.8 Å². The summed E-state index contributed by atoms with van der Waals surface area (Å²) in [6.07, 6.45) is 4.65. The van der Waals surface area contributed by atoms with Crippen LogP contribution in [-0.4, -0.2) is 26.6 Å². The summed E-state index contributed by atoms with van der Waals surface area (Å²) in [6, 6.07) is 7.10. The molecule has 2 rings (SSSR count). The number of hydrogen-bond donors (Lipinski definition) is 2. The fourth-order valence-electron chi connectivity index (χ4n) is 1.75. The molecule has 0 aliphatic carbocycles. The Kier molecular flexibility index (Phi) is 4.88. The molecule has 0 atom stereocenters. The minimum absolute atomic E-state index is 0.00415. The SMILES string of the molecule is C=CCOc1cccc(/C=C/c2nc(O)c([N+](=O)[O-])c(=O)[nH]2)c1. The van der Waals surface area contributed by atoms with Crippen LogP contribution >= 0.6 is 0 Å². The summed E-state index contributed by atoms with van der Waals surface area (Å²) in [4.78, 5) is 26.9. The van der Waals surface area contributed by atoms with Gasteiger partial charge in [0.05, 0.1) is 4.92 Å². The van der Waals surface area contributed by atoms with Crippen molar-refractivity contribution in [2.75, 3.05) is 6.61 Å². The second-order valence-electron chi connectivity index (χ2n) is 4.39. The van der Waals surface area contributed by atoms with Crippen LogP contribution in [0.15, 0.2) is 41.7 Å². The molecule has 8 nitrogen and oxygen atoms in total. The Bertz CT molecular complexity index is 826. The molecule has 2 aromatic rings. The molecule has 0 saturated heterocycles. The van der Waals surface area contributed by atoms with Crippen molar-refractivity contribution in [3.63, 3.8) is 0 Å². The van der Waals surface area contributed by atoms with Gasteiger partial charge >= 0.3 is 11.2 Å². The summed E-state index contributed by atoms with van der Waals surface area (Å²) in [7, 11) is 0. The highest BCUT2D eigenvalue weighted by atomic mass is 16.6. The van der Waals surface area contributed by atoms with Gasteiger partial charge in [0.2, 0.25) is 0 Å². The van der Waals surface area contributed by atoms with E-state index < -0.39 is 22.0 Å². The van der Waals surface area contributed by atoms with Gasteiger partial charge in [-0.3, -0.25) is 14.9 Å². The maximum Gasteiger partial charge on any atom is 0.395 e. The number of rotatable bonds is 6. The van der Waals surface area contributed by atoms with E-state index in [0.717, 1.165) is 5.56 Å². The van der Waals surface area contributed by atoms with Crippen molar-refractivity contribution >= 4 is 17.8 Å². The number of ether oxygens (including phenoxy) is 1. The smallest absolute Gasteiger partial charge is 0.395 e. The first-order chi connectivity index (χ1) is 11.0. The number of aromatic nitrogens is 2. The highest BCUT2D eigenvalue weighted by Crippen LogP contribution is 2.18. The summed E-state index contributed by atoms with van der Waals surface area (Å²) in [5, 5.41) is 20.0. The topological polar surface area (TPSA) is 118 Å². The van der Waals surface area contributed by atoms with Gasteiger partial charge in [-0.15, -0.1) is 0 Å². The third kappa shape index (κ3) is 4.03. The van der Waals surface area contributed by atoms with Gasteiger partial charge in [-0.2, -0.15) is 4.98 Å². The molecule has 1 aromatic heterocycles. The Hall–Kier alpha value is -3.42. The van der Waals surface area contributed by atoms with E-state index in [0.29, 0.717) is 12.4 Å². The molecular weight excluding hydrogens is 302 g/mol. The lowest BCUT2D eigenvalue weighted by molar-refractivity contribution is -0.387. The molecule has 0 amide bonds. The normalized spacial score (nSPS) is 10.6. The Balaban J connectivity index is 2.25. The number of H-pyrrole nitrogens is 1. The van der Waals surface area contributed by atoms with Crippen LogP contribution in [0.25, 0.3) is 12.2 Å². The van der Waals surface area contributed by atoms with Crippen molar-refractivity contribution in [2.24, 2.45) is 0 Å². The van der Waals surface area contributed by atoms with Crippen LogP contribution < -0.4 is 10.3 Å². The van der Waals surface area contributed by atoms with Gasteiger partial charge in [-0.05, 0) is 23.8 Å². The minimum Gasteiger partial charge on any atom is -0.490 e. The molecule has 0 radical (unpaired) electrons. The molecule has 0 fully saturated rings. The molecule has 0 spiro atoms. The molecule has 2 N–H and O–H groups in total. The zero-order valence-corrected chi connectivity index (χ0v) is 11.9. The molecule has 0 bridgehead atoms. The fraction of sp³-hybridized carbons (Fsp3) is 0.0667. The molecule has 118 valence electrons. The highest BCUT2D eigenvalue weighted by molar-refractivity contribution is 5.67. The van der Waals surface area contributed by atoms with Gasteiger partial charge in [0, 0.05) is 0 Å². The summed E-state index contributed by atoms with van der Waals surface area (Å²) in [6.45, 7) is 3.93. The number of benzene rings is 1. The largest absolute Gasteiger partial charge is 0.490 e. The van der Waals surface area contributed by atoms with E-state index in [-0.39, 0.29) is 5.82 Å². The molecule has 8 heteroatoms. The Morgan fingerprint density at radius 1 is 1.43 bits per heavy atom. The number of aromatic amines is 1. The molecule has 0 saturated carbocycles. The minimum atomic E-state index is -1.02. The van der Waals surface area contributed by atoms with E-state index in [1.807, 2.05) is 0 Å². The molecule has 0 aliphatic heterocycles. The summed E-state index contributed by atoms with van der Waals surface area (Å²) in [5.74, 6) is -0.294. The zero-order valence-electron chi connectivity index (χ0n) is 11.9. The van der Waals surface area contributed by atoms with Crippen molar-refractivity contribution < 1.29 is 14.8 Å². The third-order valence-electron chi connectivity index (χ3n) is 2.74. The van der Waals surface area contributed by atoms with Crippen LogP contribution in [0.2, 0.25) is 0 Å². The maximum absolute atomic E-state index is 11.5. The second kappa shape index (κ2) is 7.03. The number of nitrogens with zero attached hydrogens (tertiary/aromatic N) is 2. The van der Waals surface area contributed by atoms with Crippen molar-refractivity contribution in [3.8, 4) is 11.6 Å². The monoisotopic (exact) mass is 315 g/mol. The second-order valence-corrected chi connectivity index (χ2v) is 4.39. The third-order valence-corrected chi connectivity index (χ3v) is 2.74. The number of nitro groups is 1. The first-order valence-electron chi connectivity index (χ1n) is 6.51. The van der Waals surface area contributed by atoms with Gasteiger partial charge in [0.1, 0.15) is 18.2 Å². The van der Waals surface area contributed by atoms with E-state index >= 15 is 0 Å². The van der Waals surface area contributed by atoms with Crippen LogP contribution in [-0.2, 0) is 0 Å². The Morgan fingerprint density at radius 3 is 2.87 bits per heavy atom. The van der Waals surface area contributed by atoms with E-state index in [1.54, 1.807) is 36.4 Å². The Morgan fingerprint density at radius 2 is 2.22 bits per heavy atom. The molecule has 1 heterocycles. The van der Waals surface area contributed by atoms with Crippen LogP contribution in [0.1, 0.15) is 11.4 Å². The van der Waals surface area contributed by atoms with Crippen molar-refractivity contribution in [1.82, 2.24) is 9.97 Å². The molecular formula is C15H13N3O5. The van der Waals surface area contributed by atoms with E-state index in [1.165, 1.54) is 6.08 Å². The number of nitrogens with one attached hydrogen (secondary N) is 1. The van der Waals surface area contributed by atoms with Crippen LogP contribution in [0.4, 0.5) is 5.69 Å². The lowest BCUT2D eigenvalue weighted by atomic mass is 10.2. The van der Waals surface area contributed by atoms with Crippen LogP contribution in [0.3, 0.4) is 0 Å². The summed E-state index contributed by atoms with van der Waals surface area (Å²) in [5.41, 5.74) is -1.25. The molecule has 23 heavy (non-hydrogen) atoms. The zero-order chi connectivity index (χ0) is 16.8. The average molecular weight is 315 g/mol. The quantitative estimate of drug-likeness (QED) is 0.479. The Labute approximate surface area is 130 Å². The fourth-order valence-corrected chi connectivity index (χ4v) is 1.75. The maximum atomic E-state index is 11.5. The first kappa shape index (κ1) is 16.0. The van der Waals surface area contributed by atoms with Crippen molar-refractivity contribution in [3.05, 3.63) is 68.8 Å². The van der Waals surface area contributed by atoms with Crippen molar-refractivity contribution in [1.29, 1.82) is 0 Å². The lowest BCUT2D eigenvalue weighted by Gasteiger charge is -2.03. The predicted octanol–water partition coefficient (Wildman–Crippen LogP) is 2.12. The summed E-state index contributed by atoms with van der Waals surface area (Å²) >= 11 is 0. The van der Waals surface area contributed by atoms with Crippen molar-refractivity contribution in [2.45, 2.75) is 0 Å². The molecule has 0 unspecified atom stereocenters. The average Bonchev–Trinajstić information content (AvgIpc) is 2.50. The molecule has 0 aliphatic rings. The van der Waals surface area contributed by atoms with Gasteiger partial charge in [0.15, 0.2) is 0 Å². The lowest BCUT2D eigenvalue weighted by Crippen LogP contribution is -2.14. The molecule has 1 aromatic carbocycles. The van der Waals surface area contributed by atoms with Gasteiger partial charge in [-0.1, -0.05) is 30.9 Å². The predicted molar refractivity (Wildman–Crippen MR) is 84.2 cm³/mol. The number of aromatic hydroxyl groups is 1. The van der Waals surface area contributed by atoms with E-state index in [9.17, 15) is 20.0 Å². The van der Waals surface area contributed by atoms with Crippen LogP contribution in [0, 0.1) is 10.1 Å². The number of hydrogen-bond acceptors (Lipinski definition) is 6.